The summed E-state index contributed by atoms with van der Waals surface area (Å²) in [7, 11) is 2.01. The van der Waals surface area contributed by atoms with Gasteiger partial charge >= 0.3 is 0 Å². The van der Waals surface area contributed by atoms with Crippen molar-refractivity contribution in [3.63, 3.8) is 0 Å². The predicted molar refractivity (Wildman–Crippen MR) is 136 cm³/mol. The van der Waals surface area contributed by atoms with Gasteiger partial charge in [-0.3, -0.25) is 9.78 Å². The molecule has 0 radical (unpaired) electrons. The number of amides is 1. The van der Waals surface area contributed by atoms with Gasteiger partial charge in [0.15, 0.2) is 11.6 Å². The van der Waals surface area contributed by atoms with Crippen molar-refractivity contribution in [2.24, 2.45) is 18.5 Å². The monoisotopic (exact) mass is 473 g/mol. The van der Waals surface area contributed by atoms with E-state index in [9.17, 15) is 9.18 Å². The highest BCUT2D eigenvalue weighted by molar-refractivity contribution is 5.98. The largest absolute Gasteiger partial charge is 0.365 e. The Morgan fingerprint density at radius 3 is 2.71 bits per heavy atom. The highest BCUT2D eigenvalue weighted by Crippen LogP contribution is 2.29. The molecular weight excluding hydrogens is 445 g/mol. The Morgan fingerprint density at radius 1 is 1.09 bits per heavy atom. The maximum atomic E-state index is 14.8. The smallest absolute Gasteiger partial charge is 0.252 e. The second-order valence-electron chi connectivity index (χ2n) is 9.07. The van der Waals surface area contributed by atoms with Gasteiger partial charge in [-0.1, -0.05) is 18.9 Å². The van der Waals surface area contributed by atoms with E-state index in [0.29, 0.717) is 5.69 Å². The van der Waals surface area contributed by atoms with E-state index in [4.69, 9.17) is 11.5 Å². The summed E-state index contributed by atoms with van der Waals surface area (Å²) < 4.78 is 16.9. The van der Waals surface area contributed by atoms with Crippen molar-refractivity contribution in [2.75, 3.05) is 10.6 Å². The molecule has 1 aliphatic rings. The standard InChI is InChI=1S/C26H28FN7O/c1-34-9-8-16-10-15(6-7-23(16)34)17-11-18(14-30-13-17)31-25-19(24(29)35)12-20(27)26(33-25)32-22-5-3-2-4-21(22)28/h6-14,21-22H,2-5,28H2,1H3,(H2,29,35)(H2,31,32,33). The molecule has 1 amide bonds. The van der Waals surface area contributed by atoms with Gasteiger partial charge in [0.05, 0.1) is 17.4 Å². The van der Waals surface area contributed by atoms with Crippen molar-refractivity contribution in [1.82, 2.24) is 14.5 Å². The third-order valence-corrected chi connectivity index (χ3v) is 6.60. The number of nitrogens with two attached hydrogens (primary N) is 2. The first-order valence-electron chi connectivity index (χ1n) is 11.7. The lowest BCUT2D eigenvalue weighted by Crippen LogP contribution is -2.43. The van der Waals surface area contributed by atoms with Crippen LogP contribution in [0.4, 0.5) is 21.7 Å². The summed E-state index contributed by atoms with van der Waals surface area (Å²) in [5, 5.41) is 7.35. The molecular formula is C26H28FN7O. The lowest BCUT2D eigenvalue weighted by Gasteiger charge is -2.30. The van der Waals surface area contributed by atoms with Gasteiger partial charge in [-0.2, -0.15) is 0 Å². The highest BCUT2D eigenvalue weighted by atomic mass is 19.1. The Bertz CT molecular complexity index is 1400. The average molecular weight is 474 g/mol. The molecule has 0 bridgehead atoms. The number of nitrogens with zero attached hydrogens (tertiary/aromatic N) is 3. The zero-order valence-electron chi connectivity index (χ0n) is 19.5. The van der Waals surface area contributed by atoms with E-state index >= 15 is 0 Å². The van der Waals surface area contributed by atoms with Gasteiger partial charge in [-0.25, -0.2) is 9.37 Å². The normalized spacial score (nSPS) is 17.9. The van der Waals surface area contributed by atoms with Gasteiger partial charge in [0.2, 0.25) is 0 Å². The zero-order chi connectivity index (χ0) is 24.5. The number of anilines is 3. The van der Waals surface area contributed by atoms with Crippen LogP contribution in [-0.4, -0.2) is 32.5 Å². The minimum atomic E-state index is -0.779. The second-order valence-corrected chi connectivity index (χ2v) is 9.07. The summed E-state index contributed by atoms with van der Waals surface area (Å²) in [5.41, 5.74) is 15.3. The molecule has 0 spiro atoms. The molecule has 2 unspecified atom stereocenters. The minimum absolute atomic E-state index is 0.0403. The van der Waals surface area contributed by atoms with Crippen molar-refractivity contribution in [3.8, 4) is 11.1 Å². The van der Waals surface area contributed by atoms with E-state index in [1.54, 1.807) is 12.4 Å². The number of pyridine rings is 2. The van der Waals surface area contributed by atoms with Crippen LogP contribution in [0.3, 0.4) is 0 Å². The number of fused-ring (bicyclic) bond motifs is 1. The molecule has 5 rings (SSSR count). The zero-order valence-corrected chi connectivity index (χ0v) is 19.5. The van der Waals surface area contributed by atoms with Gasteiger partial charge < -0.3 is 26.7 Å². The fourth-order valence-electron chi connectivity index (χ4n) is 4.65. The summed E-state index contributed by atoms with van der Waals surface area (Å²) in [6.07, 6.45) is 9.18. The fourth-order valence-corrected chi connectivity index (χ4v) is 4.65. The Hall–Kier alpha value is -3.98. The van der Waals surface area contributed by atoms with Crippen LogP contribution >= 0.6 is 0 Å². The van der Waals surface area contributed by atoms with E-state index in [-0.39, 0.29) is 29.3 Å². The first-order valence-corrected chi connectivity index (χ1v) is 11.7. The maximum absolute atomic E-state index is 14.8. The third kappa shape index (κ3) is 4.67. The van der Waals surface area contributed by atoms with Gasteiger partial charge in [-0.15, -0.1) is 0 Å². The molecule has 6 N–H and O–H groups in total. The molecule has 35 heavy (non-hydrogen) atoms. The molecule has 4 aromatic rings. The van der Waals surface area contributed by atoms with Gasteiger partial charge in [0, 0.05) is 48.0 Å². The molecule has 9 heteroatoms. The van der Waals surface area contributed by atoms with Crippen LogP contribution in [0.25, 0.3) is 22.0 Å². The van der Waals surface area contributed by atoms with Crippen LogP contribution in [0.1, 0.15) is 36.0 Å². The molecule has 1 aromatic carbocycles. The van der Waals surface area contributed by atoms with Crippen molar-refractivity contribution in [1.29, 1.82) is 0 Å². The SMILES string of the molecule is Cn1ccc2cc(-c3cncc(Nc4nc(NC5CCCCC5N)c(F)cc4C(N)=O)c3)ccc21. The van der Waals surface area contributed by atoms with Crippen LogP contribution in [0, 0.1) is 5.82 Å². The number of hydrogen-bond donors (Lipinski definition) is 4. The van der Waals surface area contributed by atoms with Crippen molar-refractivity contribution in [2.45, 2.75) is 37.8 Å². The molecule has 8 nitrogen and oxygen atoms in total. The third-order valence-electron chi connectivity index (χ3n) is 6.60. The average Bonchev–Trinajstić information content (AvgIpc) is 3.22. The molecule has 1 fully saturated rings. The van der Waals surface area contributed by atoms with Crippen LogP contribution in [0.2, 0.25) is 0 Å². The maximum Gasteiger partial charge on any atom is 0.252 e. The van der Waals surface area contributed by atoms with Crippen LogP contribution in [-0.2, 0) is 7.05 Å². The van der Waals surface area contributed by atoms with Crippen LogP contribution < -0.4 is 22.1 Å². The predicted octanol–water partition coefficient (Wildman–Crippen LogP) is 4.30. The number of aromatic nitrogens is 3. The lowest BCUT2D eigenvalue weighted by atomic mass is 9.91. The number of aryl methyl sites for hydroxylation is 1. The number of carbonyl (C=O) groups excluding carboxylic acids is 1. The molecule has 1 aliphatic carbocycles. The molecule has 0 aliphatic heterocycles. The topological polar surface area (TPSA) is 124 Å². The Morgan fingerprint density at radius 2 is 1.91 bits per heavy atom. The molecule has 1 saturated carbocycles. The van der Waals surface area contributed by atoms with Gasteiger partial charge in [-0.05, 0) is 48.7 Å². The summed E-state index contributed by atoms with van der Waals surface area (Å²) in [5.74, 6) is -1.23. The Balaban J connectivity index is 1.46. The lowest BCUT2D eigenvalue weighted by molar-refractivity contribution is 0.100. The Kier molecular flexibility index (Phi) is 6.08. The van der Waals surface area contributed by atoms with Crippen molar-refractivity contribution in [3.05, 3.63) is 66.4 Å². The number of primary amides is 1. The number of carbonyl (C=O) groups is 1. The first kappa shape index (κ1) is 22.8. The number of nitrogens with one attached hydrogen (secondary N) is 2. The number of hydrogen-bond acceptors (Lipinski definition) is 6. The van der Waals surface area contributed by atoms with Crippen LogP contribution in [0.15, 0.2) is 55.0 Å². The van der Waals surface area contributed by atoms with Gasteiger partial charge in [0.25, 0.3) is 5.91 Å². The minimum Gasteiger partial charge on any atom is -0.365 e. The molecule has 2 atom stereocenters. The summed E-state index contributed by atoms with van der Waals surface area (Å²) in [4.78, 5) is 20.8. The van der Waals surface area contributed by atoms with Crippen LogP contribution in [0.5, 0.6) is 0 Å². The summed E-state index contributed by atoms with van der Waals surface area (Å²) in [6.45, 7) is 0. The molecule has 180 valence electrons. The number of rotatable bonds is 6. The van der Waals surface area contributed by atoms with E-state index in [0.717, 1.165) is 53.8 Å². The number of benzene rings is 1. The molecule has 3 aromatic heterocycles. The Labute approximate surface area is 202 Å². The fraction of sp³-hybridized carbons (Fsp3) is 0.269. The summed E-state index contributed by atoms with van der Waals surface area (Å²) >= 11 is 0. The van der Waals surface area contributed by atoms with E-state index < -0.39 is 11.7 Å². The van der Waals surface area contributed by atoms with E-state index in [1.165, 1.54) is 0 Å². The van der Waals surface area contributed by atoms with Gasteiger partial charge in [0.1, 0.15) is 5.82 Å². The van der Waals surface area contributed by atoms with Crippen molar-refractivity contribution < 1.29 is 9.18 Å². The quantitative estimate of drug-likeness (QED) is 0.331. The number of halogens is 1. The van der Waals surface area contributed by atoms with E-state index in [1.807, 2.05) is 25.4 Å². The second kappa shape index (κ2) is 9.34. The van der Waals surface area contributed by atoms with Crippen molar-refractivity contribution >= 4 is 34.1 Å². The summed E-state index contributed by atoms with van der Waals surface area (Å²) in [6, 6.07) is 11.1. The molecule has 0 saturated heterocycles. The highest BCUT2D eigenvalue weighted by Gasteiger charge is 2.24. The molecule has 3 heterocycles. The van der Waals surface area contributed by atoms with E-state index in [2.05, 4.69) is 43.4 Å². The first-order chi connectivity index (χ1) is 16.9.